The first kappa shape index (κ1) is 12.0. The van der Waals surface area contributed by atoms with Crippen LogP contribution in [0.4, 0.5) is 10.1 Å². The van der Waals surface area contributed by atoms with E-state index in [9.17, 15) is 9.18 Å². The number of pyridine rings is 1. The Labute approximate surface area is 99.2 Å². The van der Waals surface area contributed by atoms with Crippen molar-refractivity contribution < 1.29 is 13.9 Å². The van der Waals surface area contributed by atoms with Crippen LogP contribution < -0.4 is 5.32 Å². The number of methoxy groups -OCH3 is 1. The van der Waals surface area contributed by atoms with Gasteiger partial charge in [-0.15, -0.1) is 0 Å². The first-order valence-electron chi connectivity index (χ1n) is 5.58. The molecule has 1 aromatic heterocycles. The zero-order chi connectivity index (χ0) is 12.3. The minimum atomic E-state index is -0.521. The Bertz CT molecular complexity index is 419. The van der Waals surface area contributed by atoms with E-state index in [1.54, 1.807) is 7.11 Å². The summed E-state index contributed by atoms with van der Waals surface area (Å²) in [5, 5.41) is 2.60. The highest BCUT2D eigenvalue weighted by Gasteiger charge is 2.44. The Morgan fingerprint density at radius 3 is 2.94 bits per heavy atom. The second kappa shape index (κ2) is 4.79. The van der Waals surface area contributed by atoms with Gasteiger partial charge >= 0.3 is 0 Å². The number of hydrogen-bond donors (Lipinski definition) is 1. The van der Waals surface area contributed by atoms with Crippen LogP contribution in [0.3, 0.4) is 0 Å². The van der Waals surface area contributed by atoms with Gasteiger partial charge in [-0.3, -0.25) is 9.78 Å². The van der Waals surface area contributed by atoms with Crippen molar-refractivity contribution in [2.24, 2.45) is 5.41 Å². The number of rotatable bonds is 4. The van der Waals surface area contributed by atoms with Crippen molar-refractivity contribution in [3.05, 3.63) is 24.3 Å². The van der Waals surface area contributed by atoms with Crippen molar-refractivity contribution in [3.63, 3.8) is 0 Å². The number of nitrogens with one attached hydrogen (secondary N) is 1. The van der Waals surface area contributed by atoms with Gasteiger partial charge in [0, 0.05) is 13.3 Å². The van der Waals surface area contributed by atoms with Crippen LogP contribution in [0.15, 0.2) is 18.5 Å². The first-order valence-corrected chi connectivity index (χ1v) is 5.58. The van der Waals surface area contributed by atoms with E-state index in [0.717, 1.165) is 25.5 Å². The summed E-state index contributed by atoms with van der Waals surface area (Å²) >= 11 is 0. The molecule has 1 aromatic rings. The lowest BCUT2D eigenvalue weighted by molar-refractivity contribution is -0.134. The van der Waals surface area contributed by atoms with Crippen molar-refractivity contribution in [2.75, 3.05) is 19.0 Å². The fraction of sp³-hybridized carbons (Fsp3) is 0.500. The largest absolute Gasteiger partial charge is 0.384 e. The third kappa shape index (κ3) is 2.29. The maximum absolute atomic E-state index is 13.3. The van der Waals surface area contributed by atoms with Crippen molar-refractivity contribution in [2.45, 2.75) is 19.3 Å². The van der Waals surface area contributed by atoms with Crippen LogP contribution in [-0.4, -0.2) is 24.6 Å². The fourth-order valence-electron chi connectivity index (χ4n) is 2.05. The molecule has 17 heavy (non-hydrogen) atoms. The molecule has 0 unspecified atom stereocenters. The van der Waals surface area contributed by atoms with E-state index in [4.69, 9.17) is 4.74 Å². The molecule has 1 saturated carbocycles. The van der Waals surface area contributed by atoms with Crippen molar-refractivity contribution >= 4 is 11.6 Å². The number of anilines is 1. The van der Waals surface area contributed by atoms with Crippen LogP contribution in [0.2, 0.25) is 0 Å². The molecule has 0 spiro atoms. The lowest BCUT2D eigenvalue weighted by Gasteiger charge is -2.39. The van der Waals surface area contributed by atoms with Gasteiger partial charge in [0.05, 0.1) is 23.9 Å². The maximum atomic E-state index is 13.3. The molecule has 0 atom stereocenters. The van der Waals surface area contributed by atoms with Gasteiger partial charge in [0.2, 0.25) is 5.91 Å². The Morgan fingerprint density at radius 1 is 1.65 bits per heavy atom. The minimum Gasteiger partial charge on any atom is -0.384 e. The zero-order valence-corrected chi connectivity index (χ0v) is 9.70. The normalized spacial score (nSPS) is 17.3. The van der Waals surface area contributed by atoms with E-state index in [0.29, 0.717) is 6.61 Å². The molecule has 0 aromatic carbocycles. The van der Waals surface area contributed by atoms with Crippen LogP contribution in [-0.2, 0) is 9.53 Å². The highest BCUT2D eigenvalue weighted by atomic mass is 19.1. The molecule has 0 radical (unpaired) electrons. The van der Waals surface area contributed by atoms with Crippen LogP contribution in [0.25, 0.3) is 0 Å². The van der Waals surface area contributed by atoms with Gasteiger partial charge in [0.15, 0.2) is 5.82 Å². The molecular formula is C12H15FN2O2. The van der Waals surface area contributed by atoms with Gasteiger partial charge in [0.25, 0.3) is 0 Å². The third-order valence-electron chi connectivity index (χ3n) is 3.23. The second-order valence-electron chi connectivity index (χ2n) is 4.38. The number of amides is 1. The highest BCUT2D eigenvalue weighted by Crippen LogP contribution is 2.42. The van der Waals surface area contributed by atoms with Crippen LogP contribution in [0, 0.1) is 11.2 Å². The molecule has 0 aliphatic heterocycles. The number of halogens is 1. The molecule has 1 amide bonds. The zero-order valence-electron chi connectivity index (χ0n) is 9.70. The van der Waals surface area contributed by atoms with Gasteiger partial charge < -0.3 is 10.1 Å². The summed E-state index contributed by atoms with van der Waals surface area (Å²) in [6.45, 7) is 0.380. The van der Waals surface area contributed by atoms with Crippen LogP contribution in [0.1, 0.15) is 19.3 Å². The molecule has 5 heteroatoms. The smallest absolute Gasteiger partial charge is 0.233 e. The summed E-state index contributed by atoms with van der Waals surface area (Å²) < 4.78 is 18.4. The third-order valence-corrected chi connectivity index (χ3v) is 3.23. The topological polar surface area (TPSA) is 51.2 Å². The van der Waals surface area contributed by atoms with Crippen LogP contribution in [0.5, 0.6) is 0 Å². The summed E-state index contributed by atoms with van der Waals surface area (Å²) in [4.78, 5) is 15.7. The average Bonchev–Trinajstić information content (AvgIpc) is 2.26. The molecule has 1 N–H and O–H groups in total. The number of carbonyl (C=O) groups excluding carboxylic acids is 1. The molecule has 1 aliphatic carbocycles. The molecule has 1 fully saturated rings. The maximum Gasteiger partial charge on any atom is 0.233 e. The van der Waals surface area contributed by atoms with Gasteiger partial charge in [0.1, 0.15) is 0 Å². The predicted molar refractivity (Wildman–Crippen MR) is 61.0 cm³/mol. The summed E-state index contributed by atoms with van der Waals surface area (Å²) in [5.74, 6) is -0.691. The Kier molecular flexibility index (Phi) is 3.38. The Balaban J connectivity index is 2.08. The molecule has 4 nitrogen and oxygen atoms in total. The number of nitrogens with zero attached hydrogens (tertiary/aromatic N) is 1. The van der Waals surface area contributed by atoms with Crippen molar-refractivity contribution in [3.8, 4) is 0 Å². The fourth-order valence-corrected chi connectivity index (χ4v) is 2.05. The van der Waals surface area contributed by atoms with Crippen molar-refractivity contribution in [1.82, 2.24) is 4.98 Å². The quantitative estimate of drug-likeness (QED) is 0.872. The first-order chi connectivity index (χ1) is 8.18. The second-order valence-corrected chi connectivity index (χ2v) is 4.38. The van der Waals surface area contributed by atoms with E-state index < -0.39 is 11.2 Å². The molecule has 0 bridgehead atoms. The molecule has 1 aliphatic rings. The van der Waals surface area contributed by atoms with E-state index >= 15 is 0 Å². The van der Waals surface area contributed by atoms with Gasteiger partial charge in [-0.1, -0.05) is 6.42 Å². The number of hydrogen-bond acceptors (Lipinski definition) is 3. The van der Waals surface area contributed by atoms with E-state index in [-0.39, 0.29) is 11.6 Å². The van der Waals surface area contributed by atoms with E-state index in [1.165, 1.54) is 12.3 Å². The van der Waals surface area contributed by atoms with Crippen LogP contribution >= 0.6 is 0 Å². The molecule has 0 saturated heterocycles. The van der Waals surface area contributed by atoms with Crippen molar-refractivity contribution in [1.29, 1.82) is 0 Å². The summed E-state index contributed by atoms with van der Waals surface area (Å²) in [6.07, 6.45) is 5.12. The highest BCUT2D eigenvalue weighted by molar-refractivity contribution is 5.96. The molecule has 92 valence electrons. The number of ether oxygens (including phenoxy) is 1. The summed E-state index contributed by atoms with van der Waals surface area (Å²) in [7, 11) is 1.57. The molecular weight excluding hydrogens is 223 g/mol. The lowest BCUT2D eigenvalue weighted by Crippen LogP contribution is -2.45. The number of aromatic nitrogens is 1. The standard InChI is InChI=1S/C12H15FN2O2/c1-17-8-12(4-2-5-12)11(16)15-10-3-6-14-7-9(10)13/h3,6-7H,2,4-5,8H2,1H3,(H,14,15,16). The average molecular weight is 238 g/mol. The Hall–Kier alpha value is -1.49. The van der Waals surface area contributed by atoms with E-state index in [2.05, 4.69) is 10.3 Å². The number of carbonyl (C=O) groups is 1. The van der Waals surface area contributed by atoms with Gasteiger partial charge in [-0.05, 0) is 18.9 Å². The van der Waals surface area contributed by atoms with Gasteiger partial charge in [-0.2, -0.15) is 0 Å². The van der Waals surface area contributed by atoms with Gasteiger partial charge in [-0.25, -0.2) is 4.39 Å². The lowest BCUT2D eigenvalue weighted by atomic mass is 9.68. The predicted octanol–water partition coefficient (Wildman–Crippen LogP) is 1.98. The summed E-state index contributed by atoms with van der Waals surface area (Å²) in [6, 6.07) is 1.45. The molecule has 2 rings (SSSR count). The van der Waals surface area contributed by atoms with E-state index in [1.807, 2.05) is 0 Å². The molecule has 1 heterocycles. The Morgan fingerprint density at radius 2 is 2.41 bits per heavy atom. The minimum absolute atomic E-state index is 0.171. The monoisotopic (exact) mass is 238 g/mol. The SMILES string of the molecule is COCC1(C(=O)Nc2ccncc2F)CCC1. The summed E-state index contributed by atoms with van der Waals surface area (Å²) in [5.41, 5.74) is -0.308.